The van der Waals surface area contributed by atoms with Crippen molar-refractivity contribution in [3.8, 4) is 56.7 Å². The molecule has 3 aromatic heterocycles. The van der Waals surface area contributed by atoms with Crippen molar-refractivity contribution in [2.24, 2.45) is 0 Å². The zero-order valence-corrected chi connectivity index (χ0v) is 31.7. The smallest absolute Gasteiger partial charge is 0.227 e. The van der Waals surface area contributed by atoms with Gasteiger partial charge in [0.1, 0.15) is 5.52 Å². The molecule has 0 atom stereocenters. The zero-order valence-electron chi connectivity index (χ0n) is 30.9. The highest BCUT2D eigenvalue weighted by molar-refractivity contribution is 7.26. The molecule has 0 amide bonds. The molecule has 0 bridgehead atoms. The van der Waals surface area contributed by atoms with Gasteiger partial charge in [0.25, 0.3) is 0 Å². The standard InChI is InChI=1S/C52H30N4OS/c1-2-14-33(15-3-1)49-54-50(37-24-22-31-12-4-6-16-34(31)26-37)56-51(55-49)42-29-39(28-36-18-8-9-19-40(36)42)46-47-41-20-10-11-21-44(41)58-45(47)30-43-48(46)57-52(53-43)38-25-23-32-13-5-7-17-35(32)27-38/h1-30H. The second kappa shape index (κ2) is 13.0. The Balaban J connectivity index is 1.13. The van der Waals surface area contributed by atoms with Gasteiger partial charge in [0.05, 0.1) is 0 Å². The maximum absolute atomic E-state index is 6.91. The Morgan fingerprint density at radius 3 is 1.74 bits per heavy atom. The first-order chi connectivity index (χ1) is 28.7. The molecule has 0 spiro atoms. The number of hydrogen-bond donors (Lipinski definition) is 0. The van der Waals surface area contributed by atoms with Gasteiger partial charge in [0, 0.05) is 48.0 Å². The molecule has 0 saturated carbocycles. The van der Waals surface area contributed by atoms with Gasteiger partial charge in [0.15, 0.2) is 23.1 Å². The highest BCUT2D eigenvalue weighted by atomic mass is 32.1. The van der Waals surface area contributed by atoms with E-state index in [1.807, 2.05) is 30.3 Å². The highest BCUT2D eigenvalue weighted by Crippen LogP contribution is 2.47. The van der Waals surface area contributed by atoms with E-state index in [9.17, 15) is 0 Å². The molecular formula is C52H30N4OS. The summed E-state index contributed by atoms with van der Waals surface area (Å²) in [6.45, 7) is 0. The molecule has 0 radical (unpaired) electrons. The minimum atomic E-state index is 0.593. The van der Waals surface area contributed by atoms with E-state index in [1.54, 1.807) is 11.3 Å². The first kappa shape index (κ1) is 32.7. The largest absolute Gasteiger partial charge is 0.435 e. The van der Waals surface area contributed by atoms with Crippen LogP contribution in [0.4, 0.5) is 0 Å². The molecular weight excluding hydrogens is 729 g/mol. The van der Waals surface area contributed by atoms with Crippen molar-refractivity contribution < 1.29 is 4.42 Å². The predicted molar refractivity (Wildman–Crippen MR) is 240 cm³/mol. The second-order valence-electron chi connectivity index (χ2n) is 14.6. The molecule has 12 aromatic rings. The lowest BCUT2D eigenvalue weighted by Crippen LogP contribution is -2.01. The molecule has 9 aromatic carbocycles. The minimum absolute atomic E-state index is 0.593. The maximum Gasteiger partial charge on any atom is 0.227 e. The van der Waals surface area contributed by atoms with Gasteiger partial charge in [-0.2, -0.15) is 0 Å². The van der Waals surface area contributed by atoms with E-state index in [0.29, 0.717) is 23.4 Å². The fourth-order valence-electron chi connectivity index (χ4n) is 8.30. The molecule has 0 unspecified atom stereocenters. The van der Waals surface area contributed by atoms with Crippen LogP contribution in [-0.4, -0.2) is 19.9 Å². The fourth-order valence-corrected chi connectivity index (χ4v) is 9.45. The average Bonchev–Trinajstić information content (AvgIpc) is 3.89. The molecule has 0 saturated heterocycles. The van der Waals surface area contributed by atoms with Gasteiger partial charge in [-0.25, -0.2) is 19.9 Å². The Morgan fingerprint density at radius 2 is 0.966 bits per heavy atom. The van der Waals surface area contributed by atoms with Crippen LogP contribution in [0.25, 0.3) is 120 Å². The normalized spacial score (nSPS) is 11.8. The summed E-state index contributed by atoms with van der Waals surface area (Å²) in [5.41, 5.74) is 7.27. The van der Waals surface area contributed by atoms with Gasteiger partial charge in [0.2, 0.25) is 5.89 Å². The molecule has 270 valence electrons. The van der Waals surface area contributed by atoms with Crippen LogP contribution in [0.2, 0.25) is 0 Å². The summed E-state index contributed by atoms with van der Waals surface area (Å²) in [5.74, 6) is 2.43. The third-order valence-electron chi connectivity index (χ3n) is 11.1. The van der Waals surface area contributed by atoms with Gasteiger partial charge in [-0.1, -0.05) is 140 Å². The van der Waals surface area contributed by atoms with Crippen molar-refractivity contribution in [2.75, 3.05) is 0 Å². The van der Waals surface area contributed by atoms with Crippen molar-refractivity contribution in [3.05, 3.63) is 182 Å². The maximum atomic E-state index is 6.91. The molecule has 6 heteroatoms. The zero-order chi connectivity index (χ0) is 38.2. The lowest BCUT2D eigenvalue weighted by Gasteiger charge is -2.14. The Kier molecular flexibility index (Phi) is 7.33. The number of hydrogen-bond acceptors (Lipinski definition) is 6. The van der Waals surface area contributed by atoms with Crippen molar-refractivity contribution in [1.29, 1.82) is 0 Å². The first-order valence-electron chi connectivity index (χ1n) is 19.3. The molecule has 0 aliphatic carbocycles. The number of benzene rings is 9. The quantitative estimate of drug-likeness (QED) is 0.175. The summed E-state index contributed by atoms with van der Waals surface area (Å²) in [6.07, 6.45) is 0. The summed E-state index contributed by atoms with van der Waals surface area (Å²) < 4.78 is 9.28. The van der Waals surface area contributed by atoms with E-state index in [1.165, 1.54) is 20.9 Å². The van der Waals surface area contributed by atoms with Crippen molar-refractivity contribution >= 4 is 74.9 Å². The summed E-state index contributed by atoms with van der Waals surface area (Å²) in [6, 6.07) is 63.4. The Bertz CT molecular complexity index is 3590. The Morgan fingerprint density at radius 1 is 0.379 bits per heavy atom. The molecule has 0 N–H and O–H groups in total. The third-order valence-corrected chi connectivity index (χ3v) is 12.2. The lowest BCUT2D eigenvalue weighted by atomic mass is 9.93. The fraction of sp³-hybridized carbons (Fsp3) is 0. The molecule has 5 nitrogen and oxygen atoms in total. The topological polar surface area (TPSA) is 64.7 Å². The van der Waals surface area contributed by atoms with Gasteiger partial charge in [-0.3, -0.25) is 0 Å². The summed E-state index contributed by atoms with van der Waals surface area (Å²) in [5, 5.41) is 9.07. The lowest BCUT2D eigenvalue weighted by molar-refractivity contribution is 0.621. The van der Waals surface area contributed by atoms with Crippen molar-refractivity contribution in [1.82, 2.24) is 19.9 Å². The Labute approximate surface area is 336 Å². The summed E-state index contributed by atoms with van der Waals surface area (Å²) >= 11 is 1.78. The summed E-state index contributed by atoms with van der Waals surface area (Å²) in [4.78, 5) is 20.7. The van der Waals surface area contributed by atoms with Crippen LogP contribution in [0, 0.1) is 0 Å². The van der Waals surface area contributed by atoms with E-state index in [0.717, 1.165) is 76.1 Å². The number of oxazole rings is 1. The molecule has 0 aliphatic rings. The third kappa shape index (κ3) is 5.38. The number of fused-ring (bicyclic) bond motifs is 7. The molecule has 3 heterocycles. The van der Waals surface area contributed by atoms with Gasteiger partial charge >= 0.3 is 0 Å². The van der Waals surface area contributed by atoms with Crippen LogP contribution < -0.4 is 0 Å². The SMILES string of the molecule is c1ccc(-c2nc(-c3ccc4ccccc4c3)nc(-c3cc(-c4c5oc(-c6ccc7ccccc7c6)nc5cc5sc6ccccc6c45)cc4ccccc34)n2)cc1. The molecule has 0 aliphatic heterocycles. The van der Waals surface area contributed by atoms with Gasteiger partial charge in [-0.05, 0) is 80.3 Å². The van der Waals surface area contributed by atoms with Crippen LogP contribution in [0.5, 0.6) is 0 Å². The van der Waals surface area contributed by atoms with Crippen LogP contribution in [0.15, 0.2) is 186 Å². The monoisotopic (exact) mass is 758 g/mol. The first-order valence-corrected chi connectivity index (χ1v) is 20.1. The van der Waals surface area contributed by atoms with Crippen LogP contribution in [0.1, 0.15) is 0 Å². The minimum Gasteiger partial charge on any atom is -0.435 e. The molecule has 12 rings (SSSR count). The van der Waals surface area contributed by atoms with Gasteiger partial charge < -0.3 is 4.42 Å². The summed E-state index contributed by atoms with van der Waals surface area (Å²) in [7, 11) is 0. The van der Waals surface area contributed by atoms with Crippen LogP contribution >= 0.6 is 11.3 Å². The molecule has 0 fully saturated rings. The van der Waals surface area contributed by atoms with E-state index in [4.69, 9.17) is 24.4 Å². The van der Waals surface area contributed by atoms with Crippen molar-refractivity contribution in [3.63, 3.8) is 0 Å². The average molecular weight is 759 g/mol. The molecule has 58 heavy (non-hydrogen) atoms. The van der Waals surface area contributed by atoms with Gasteiger partial charge in [-0.15, -0.1) is 11.3 Å². The van der Waals surface area contributed by atoms with E-state index < -0.39 is 0 Å². The van der Waals surface area contributed by atoms with Crippen molar-refractivity contribution in [2.45, 2.75) is 0 Å². The van der Waals surface area contributed by atoms with Crippen LogP contribution in [-0.2, 0) is 0 Å². The number of rotatable bonds is 5. The predicted octanol–water partition coefficient (Wildman–Crippen LogP) is 14.2. The van der Waals surface area contributed by atoms with E-state index >= 15 is 0 Å². The highest BCUT2D eigenvalue weighted by Gasteiger charge is 2.23. The van der Waals surface area contributed by atoms with E-state index in [2.05, 4.69) is 152 Å². The number of aromatic nitrogens is 4. The number of thiophene rings is 1. The second-order valence-corrected chi connectivity index (χ2v) is 15.7. The number of nitrogens with zero attached hydrogens (tertiary/aromatic N) is 4. The van der Waals surface area contributed by atoms with Crippen LogP contribution in [0.3, 0.4) is 0 Å². The Hall–Kier alpha value is -7.54. The van der Waals surface area contributed by atoms with E-state index in [-0.39, 0.29) is 0 Å².